The average molecular weight is 408 g/mol. The molecular weight excluding hydrogens is 374 g/mol. The largest absolute Gasteiger partial charge is 0.372 e. The third-order valence-corrected chi connectivity index (χ3v) is 5.65. The molecule has 3 rings (SSSR count). The Hall–Kier alpha value is -2.82. The van der Waals surface area contributed by atoms with Gasteiger partial charge in [-0.25, -0.2) is 0 Å². The van der Waals surface area contributed by atoms with Gasteiger partial charge in [-0.2, -0.15) is 0 Å². The number of amides is 2. The predicted molar refractivity (Wildman–Crippen MR) is 123 cm³/mol. The number of anilines is 2. The van der Waals surface area contributed by atoms with Crippen molar-refractivity contribution in [2.24, 2.45) is 0 Å². The van der Waals surface area contributed by atoms with Crippen LogP contribution in [0.3, 0.4) is 0 Å². The third kappa shape index (κ3) is 6.34. The topological polar surface area (TPSA) is 61.4 Å². The summed E-state index contributed by atoms with van der Waals surface area (Å²) in [5.74, 6) is -0.815. The molecule has 1 saturated heterocycles. The average Bonchev–Trinajstić information content (AvgIpc) is 3.04. The van der Waals surface area contributed by atoms with Crippen molar-refractivity contribution in [1.29, 1.82) is 0 Å². The molecule has 2 amide bonds. The van der Waals surface area contributed by atoms with Crippen LogP contribution in [0.25, 0.3) is 0 Å². The van der Waals surface area contributed by atoms with Gasteiger partial charge in [0.2, 0.25) is 0 Å². The monoisotopic (exact) mass is 407 g/mol. The van der Waals surface area contributed by atoms with Gasteiger partial charge in [-0.15, -0.1) is 0 Å². The highest BCUT2D eigenvalue weighted by Gasteiger charge is 2.14. The summed E-state index contributed by atoms with van der Waals surface area (Å²) in [6.07, 6.45) is 5.87. The van der Waals surface area contributed by atoms with E-state index in [0.29, 0.717) is 24.6 Å². The molecule has 2 aromatic carbocycles. The second-order valence-corrected chi connectivity index (χ2v) is 8.30. The molecule has 0 aromatic heterocycles. The number of benzene rings is 2. The highest BCUT2D eigenvalue weighted by molar-refractivity contribution is 6.39. The minimum atomic E-state index is -0.635. The number of carbonyl (C=O) groups excluding carboxylic acids is 2. The van der Waals surface area contributed by atoms with Crippen LogP contribution in [-0.2, 0) is 16.0 Å². The fraction of sp³-hybridized carbons (Fsp3) is 0.440. The fourth-order valence-electron chi connectivity index (χ4n) is 3.74. The lowest BCUT2D eigenvalue weighted by atomic mass is 10.0. The first-order chi connectivity index (χ1) is 14.5. The normalized spacial score (nSPS) is 14.3. The summed E-state index contributed by atoms with van der Waals surface area (Å²) in [6, 6.07) is 16.1. The molecule has 0 aliphatic carbocycles. The summed E-state index contributed by atoms with van der Waals surface area (Å²) in [4.78, 5) is 26.6. The molecule has 2 N–H and O–H groups in total. The maximum absolute atomic E-state index is 12.1. The molecule has 5 nitrogen and oxygen atoms in total. The van der Waals surface area contributed by atoms with Crippen LogP contribution in [0, 0.1) is 0 Å². The van der Waals surface area contributed by atoms with Gasteiger partial charge >= 0.3 is 11.8 Å². The molecule has 0 unspecified atom stereocenters. The van der Waals surface area contributed by atoms with Crippen molar-refractivity contribution in [2.75, 3.05) is 29.9 Å². The summed E-state index contributed by atoms with van der Waals surface area (Å²) in [5, 5.41) is 5.35. The number of hydrogen-bond acceptors (Lipinski definition) is 3. The van der Waals surface area contributed by atoms with Crippen LogP contribution in [0.15, 0.2) is 48.5 Å². The summed E-state index contributed by atoms with van der Waals surface area (Å²) in [5.41, 5.74) is 4.24. The number of nitrogens with one attached hydrogen (secondary N) is 2. The predicted octanol–water partition coefficient (Wildman–Crippen LogP) is 4.49. The van der Waals surface area contributed by atoms with E-state index in [1.807, 2.05) is 24.3 Å². The first-order valence-electron chi connectivity index (χ1n) is 11.1. The molecule has 0 atom stereocenters. The van der Waals surface area contributed by atoms with E-state index < -0.39 is 11.8 Å². The van der Waals surface area contributed by atoms with Gasteiger partial charge in [0.1, 0.15) is 0 Å². The van der Waals surface area contributed by atoms with Gasteiger partial charge in [0.15, 0.2) is 0 Å². The number of carbonyl (C=O) groups is 2. The molecule has 1 aliphatic heterocycles. The molecule has 0 spiro atoms. The molecule has 5 heteroatoms. The van der Waals surface area contributed by atoms with Crippen LogP contribution in [0.1, 0.15) is 56.6 Å². The van der Waals surface area contributed by atoms with Gasteiger partial charge in [0, 0.05) is 31.0 Å². The number of nitrogens with zero attached hydrogens (tertiary/aromatic N) is 1. The zero-order valence-electron chi connectivity index (χ0n) is 18.1. The number of hydrogen-bond donors (Lipinski definition) is 2. The van der Waals surface area contributed by atoms with Crippen LogP contribution in [0.5, 0.6) is 0 Å². The second kappa shape index (κ2) is 10.8. The van der Waals surface area contributed by atoms with Crippen molar-refractivity contribution in [2.45, 2.75) is 51.9 Å². The van der Waals surface area contributed by atoms with Gasteiger partial charge < -0.3 is 15.5 Å². The standard InChI is InChI=1S/C25H33N3O2/c1-19(2)21-9-11-22(12-10-21)27-25(30)24(29)26-16-15-20-7-13-23(14-8-20)28-17-5-3-4-6-18-28/h7-14,19H,3-6,15-18H2,1-2H3,(H,26,29)(H,27,30). The van der Waals surface area contributed by atoms with Gasteiger partial charge in [0.05, 0.1) is 0 Å². The molecule has 1 heterocycles. The minimum absolute atomic E-state index is 0.427. The van der Waals surface area contributed by atoms with Crippen molar-refractivity contribution in [3.8, 4) is 0 Å². The Morgan fingerprint density at radius 1 is 0.867 bits per heavy atom. The van der Waals surface area contributed by atoms with Crippen LogP contribution in [0.2, 0.25) is 0 Å². The van der Waals surface area contributed by atoms with Crippen molar-refractivity contribution in [1.82, 2.24) is 5.32 Å². The Balaban J connectivity index is 1.42. The van der Waals surface area contributed by atoms with Gasteiger partial charge in [0.25, 0.3) is 0 Å². The zero-order chi connectivity index (χ0) is 21.3. The molecule has 0 bridgehead atoms. The quantitative estimate of drug-likeness (QED) is 0.694. The lowest BCUT2D eigenvalue weighted by molar-refractivity contribution is -0.136. The Kier molecular flexibility index (Phi) is 7.89. The Morgan fingerprint density at radius 3 is 2.10 bits per heavy atom. The molecule has 1 fully saturated rings. The van der Waals surface area contributed by atoms with Crippen molar-refractivity contribution in [3.63, 3.8) is 0 Å². The zero-order valence-corrected chi connectivity index (χ0v) is 18.1. The van der Waals surface area contributed by atoms with Crippen LogP contribution >= 0.6 is 0 Å². The smallest absolute Gasteiger partial charge is 0.313 e. The molecule has 0 saturated carbocycles. The Bertz CT molecular complexity index is 820. The summed E-state index contributed by atoms with van der Waals surface area (Å²) in [7, 11) is 0. The second-order valence-electron chi connectivity index (χ2n) is 8.30. The maximum atomic E-state index is 12.1. The van der Waals surface area contributed by atoms with Gasteiger partial charge in [-0.05, 0) is 60.6 Å². The van der Waals surface area contributed by atoms with Crippen LogP contribution in [0.4, 0.5) is 11.4 Å². The highest BCUT2D eigenvalue weighted by Crippen LogP contribution is 2.20. The van der Waals surface area contributed by atoms with E-state index in [-0.39, 0.29) is 0 Å². The molecule has 1 aliphatic rings. The molecule has 0 radical (unpaired) electrons. The highest BCUT2D eigenvalue weighted by atomic mass is 16.2. The van der Waals surface area contributed by atoms with E-state index in [2.05, 4.69) is 53.6 Å². The number of rotatable bonds is 6. The summed E-state index contributed by atoms with van der Waals surface area (Å²) >= 11 is 0. The lowest BCUT2D eigenvalue weighted by Crippen LogP contribution is -2.36. The van der Waals surface area contributed by atoms with E-state index in [1.54, 1.807) is 0 Å². The minimum Gasteiger partial charge on any atom is -0.372 e. The maximum Gasteiger partial charge on any atom is 0.313 e. The first kappa shape index (κ1) is 21.9. The van der Waals surface area contributed by atoms with Gasteiger partial charge in [-0.3, -0.25) is 9.59 Å². The lowest BCUT2D eigenvalue weighted by Gasteiger charge is -2.22. The van der Waals surface area contributed by atoms with E-state index in [4.69, 9.17) is 0 Å². The van der Waals surface area contributed by atoms with E-state index >= 15 is 0 Å². The van der Waals surface area contributed by atoms with Crippen molar-refractivity contribution < 1.29 is 9.59 Å². The summed E-state index contributed by atoms with van der Waals surface area (Å²) in [6.45, 7) is 6.92. The summed E-state index contributed by atoms with van der Waals surface area (Å²) < 4.78 is 0. The van der Waals surface area contributed by atoms with E-state index in [0.717, 1.165) is 18.7 Å². The third-order valence-electron chi connectivity index (χ3n) is 5.65. The van der Waals surface area contributed by atoms with Crippen LogP contribution in [-0.4, -0.2) is 31.4 Å². The molecule has 160 valence electrons. The van der Waals surface area contributed by atoms with E-state index in [1.165, 1.54) is 36.9 Å². The Labute approximate surface area is 179 Å². The van der Waals surface area contributed by atoms with Crippen LogP contribution < -0.4 is 15.5 Å². The van der Waals surface area contributed by atoms with Crippen molar-refractivity contribution in [3.05, 3.63) is 59.7 Å². The molecule has 2 aromatic rings. The SMILES string of the molecule is CC(C)c1ccc(NC(=O)C(=O)NCCc2ccc(N3CCCCCC3)cc2)cc1. The fourth-order valence-corrected chi connectivity index (χ4v) is 3.74. The molecular formula is C25H33N3O2. The Morgan fingerprint density at radius 2 is 1.50 bits per heavy atom. The van der Waals surface area contributed by atoms with Crippen molar-refractivity contribution >= 4 is 23.2 Å². The van der Waals surface area contributed by atoms with E-state index in [9.17, 15) is 9.59 Å². The van der Waals surface area contributed by atoms with Gasteiger partial charge in [-0.1, -0.05) is 51.0 Å². The first-order valence-corrected chi connectivity index (χ1v) is 11.1. The molecule has 30 heavy (non-hydrogen) atoms.